The number of hydrogen-bond donors (Lipinski definition) is 1. The van der Waals surface area contributed by atoms with Gasteiger partial charge in [0.25, 0.3) is 0 Å². The van der Waals surface area contributed by atoms with Crippen molar-refractivity contribution < 1.29 is 4.79 Å². The predicted octanol–water partition coefficient (Wildman–Crippen LogP) is 3.11. The fraction of sp³-hybridized carbons (Fsp3) is 0.478. The predicted molar refractivity (Wildman–Crippen MR) is 112 cm³/mol. The first-order chi connectivity index (χ1) is 13.6. The van der Waals surface area contributed by atoms with E-state index in [1.807, 2.05) is 12.1 Å². The molecule has 2 saturated heterocycles. The standard InChI is InChI=1S/C23H30N4O/c24-22-20(7-4-13-25-22)17-26-15-11-23(12-16-26)10-8-21(28)27(18-23)14-9-19-5-2-1-3-6-19/h1-7,13H,8-12,14-18H2,(H2,24,25). The van der Waals surface area contributed by atoms with Gasteiger partial charge >= 0.3 is 0 Å². The second-order valence-corrected chi connectivity index (χ2v) is 8.37. The largest absolute Gasteiger partial charge is 0.383 e. The van der Waals surface area contributed by atoms with Gasteiger partial charge in [0.05, 0.1) is 0 Å². The molecule has 1 aromatic heterocycles. The van der Waals surface area contributed by atoms with Crippen molar-refractivity contribution >= 4 is 11.7 Å². The number of anilines is 1. The minimum absolute atomic E-state index is 0.293. The molecule has 1 spiro atoms. The molecule has 28 heavy (non-hydrogen) atoms. The lowest BCUT2D eigenvalue weighted by molar-refractivity contribution is -0.139. The minimum Gasteiger partial charge on any atom is -0.383 e. The quantitative estimate of drug-likeness (QED) is 0.868. The number of aromatic nitrogens is 1. The molecule has 4 rings (SSSR count). The van der Waals surface area contributed by atoms with Crippen molar-refractivity contribution in [2.24, 2.45) is 5.41 Å². The number of carbonyl (C=O) groups excluding carboxylic acids is 1. The fourth-order valence-electron chi connectivity index (χ4n) is 4.63. The number of amides is 1. The Labute approximate surface area is 167 Å². The van der Waals surface area contributed by atoms with Gasteiger partial charge in [0.1, 0.15) is 5.82 Å². The first-order valence-electron chi connectivity index (χ1n) is 10.4. The van der Waals surface area contributed by atoms with Crippen molar-refractivity contribution in [3.63, 3.8) is 0 Å². The third-order valence-corrected chi connectivity index (χ3v) is 6.50. The van der Waals surface area contributed by atoms with Gasteiger partial charge in [-0.1, -0.05) is 36.4 Å². The van der Waals surface area contributed by atoms with Crippen molar-refractivity contribution in [2.45, 2.75) is 38.6 Å². The Balaban J connectivity index is 1.32. The summed E-state index contributed by atoms with van der Waals surface area (Å²) in [4.78, 5) is 21.3. The molecular formula is C23H30N4O. The van der Waals surface area contributed by atoms with Gasteiger partial charge in [-0.3, -0.25) is 9.69 Å². The maximum atomic E-state index is 12.5. The van der Waals surface area contributed by atoms with E-state index in [0.29, 0.717) is 23.6 Å². The molecule has 1 amide bonds. The van der Waals surface area contributed by atoms with Crippen LogP contribution in [0.3, 0.4) is 0 Å². The van der Waals surface area contributed by atoms with Crippen LogP contribution in [0, 0.1) is 5.41 Å². The zero-order chi connectivity index (χ0) is 19.4. The van der Waals surface area contributed by atoms with Gasteiger partial charge in [-0.05, 0) is 55.8 Å². The molecule has 1 aromatic carbocycles. The van der Waals surface area contributed by atoms with E-state index in [0.717, 1.165) is 64.0 Å². The highest BCUT2D eigenvalue weighted by molar-refractivity contribution is 5.77. The van der Waals surface area contributed by atoms with Crippen molar-refractivity contribution in [1.82, 2.24) is 14.8 Å². The van der Waals surface area contributed by atoms with Gasteiger partial charge in [-0.15, -0.1) is 0 Å². The number of rotatable bonds is 5. The van der Waals surface area contributed by atoms with E-state index < -0.39 is 0 Å². The van der Waals surface area contributed by atoms with Crippen molar-refractivity contribution in [2.75, 3.05) is 31.9 Å². The van der Waals surface area contributed by atoms with Gasteiger partial charge in [0.2, 0.25) is 5.91 Å². The van der Waals surface area contributed by atoms with Crippen LogP contribution in [0.25, 0.3) is 0 Å². The van der Waals surface area contributed by atoms with E-state index in [-0.39, 0.29) is 0 Å². The molecule has 2 fully saturated rings. The highest BCUT2D eigenvalue weighted by atomic mass is 16.2. The highest BCUT2D eigenvalue weighted by Gasteiger charge is 2.40. The Kier molecular flexibility index (Phi) is 5.62. The SMILES string of the molecule is Nc1ncccc1CN1CCC2(CCC(=O)N(CCc3ccccc3)C2)CC1. The van der Waals surface area contributed by atoms with E-state index in [9.17, 15) is 4.79 Å². The Morgan fingerprint density at radius 2 is 1.82 bits per heavy atom. The summed E-state index contributed by atoms with van der Waals surface area (Å²) in [5.74, 6) is 0.963. The fourth-order valence-corrected chi connectivity index (χ4v) is 4.63. The topological polar surface area (TPSA) is 62.5 Å². The van der Waals surface area contributed by atoms with Crippen LogP contribution >= 0.6 is 0 Å². The van der Waals surface area contributed by atoms with Crippen LogP contribution < -0.4 is 5.73 Å². The Hall–Kier alpha value is -2.40. The number of nitrogens with zero attached hydrogens (tertiary/aromatic N) is 3. The van der Waals surface area contributed by atoms with Gasteiger partial charge in [-0.2, -0.15) is 0 Å². The smallest absolute Gasteiger partial charge is 0.222 e. The number of pyridine rings is 1. The van der Waals surface area contributed by atoms with E-state index in [2.05, 4.69) is 45.1 Å². The zero-order valence-electron chi connectivity index (χ0n) is 16.5. The Morgan fingerprint density at radius 1 is 1.04 bits per heavy atom. The van der Waals surface area contributed by atoms with E-state index in [4.69, 9.17) is 5.73 Å². The molecule has 2 aliphatic heterocycles. The molecule has 0 atom stereocenters. The van der Waals surface area contributed by atoms with Gasteiger partial charge in [-0.25, -0.2) is 4.98 Å². The molecule has 2 N–H and O–H groups in total. The number of carbonyl (C=O) groups is 1. The second-order valence-electron chi connectivity index (χ2n) is 8.37. The molecular weight excluding hydrogens is 348 g/mol. The normalized spacial score (nSPS) is 19.9. The molecule has 2 aliphatic rings. The summed E-state index contributed by atoms with van der Waals surface area (Å²) >= 11 is 0. The molecule has 148 valence electrons. The van der Waals surface area contributed by atoms with Crippen molar-refractivity contribution in [3.05, 3.63) is 59.8 Å². The van der Waals surface area contributed by atoms with Crippen LogP contribution in [0.5, 0.6) is 0 Å². The monoisotopic (exact) mass is 378 g/mol. The van der Waals surface area contributed by atoms with Crippen molar-refractivity contribution in [3.8, 4) is 0 Å². The number of likely N-dealkylation sites (tertiary alicyclic amines) is 2. The average Bonchev–Trinajstić information content (AvgIpc) is 2.73. The molecule has 2 aromatic rings. The molecule has 0 bridgehead atoms. The molecule has 0 radical (unpaired) electrons. The van der Waals surface area contributed by atoms with Crippen LogP contribution in [0.2, 0.25) is 0 Å². The Bertz CT molecular complexity index is 799. The van der Waals surface area contributed by atoms with Crippen LogP contribution in [0.15, 0.2) is 48.7 Å². The zero-order valence-corrected chi connectivity index (χ0v) is 16.5. The number of hydrogen-bond acceptors (Lipinski definition) is 4. The summed E-state index contributed by atoms with van der Waals surface area (Å²) in [7, 11) is 0. The maximum Gasteiger partial charge on any atom is 0.222 e. The molecule has 3 heterocycles. The molecule has 0 aliphatic carbocycles. The first kappa shape index (κ1) is 18.9. The molecule has 5 nitrogen and oxygen atoms in total. The first-order valence-corrected chi connectivity index (χ1v) is 10.4. The second kappa shape index (κ2) is 8.31. The summed E-state index contributed by atoms with van der Waals surface area (Å²) in [5.41, 5.74) is 8.72. The lowest BCUT2D eigenvalue weighted by Gasteiger charge is -2.47. The van der Waals surface area contributed by atoms with Crippen LogP contribution in [0.4, 0.5) is 5.82 Å². The van der Waals surface area contributed by atoms with Crippen molar-refractivity contribution in [1.29, 1.82) is 0 Å². The van der Waals surface area contributed by atoms with Crippen LogP contribution in [-0.2, 0) is 17.8 Å². The average molecular weight is 379 g/mol. The number of nitrogen functional groups attached to an aromatic ring is 1. The van der Waals surface area contributed by atoms with Gasteiger partial charge < -0.3 is 10.6 Å². The maximum absolute atomic E-state index is 12.5. The van der Waals surface area contributed by atoms with Gasteiger partial charge in [0, 0.05) is 37.8 Å². The summed E-state index contributed by atoms with van der Waals surface area (Å²) in [5, 5.41) is 0. The summed E-state index contributed by atoms with van der Waals surface area (Å²) in [6.45, 7) is 4.75. The lowest BCUT2D eigenvalue weighted by Crippen LogP contribution is -2.51. The number of benzene rings is 1. The lowest BCUT2D eigenvalue weighted by atomic mass is 9.72. The van der Waals surface area contributed by atoms with Crippen LogP contribution in [-0.4, -0.2) is 46.9 Å². The number of nitrogens with two attached hydrogens (primary N) is 1. The van der Waals surface area contributed by atoms with E-state index >= 15 is 0 Å². The molecule has 5 heteroatoms. The van der Waals surface area contributed by atoms with Crippen LogP contribution in [0.1, 0.15) is 36.8 Å². The summed E-state index contributed by atoms with van der Waals surface area (Å²) < 4.78 is 0. The van der Waals surface area contributed by atoms with E-state index in [1.165, 1.54) is 5.56 Å². The highest BCUT2D eigenvalue weighted by Crippen LogP contribution is 2.40. The number of piperidine rings is 2. The third-order valence-electron chi connectivity index (χ3n) is 6.50. The summed E-state index contributed by atoms with van der Waals surface area (Å²) in [6, 6.07) is 14.5. The van der Waals surface area contributed by atoms with E-state index in [1.54, 1.807) is 6.20 Å². The van der Waals surface area contributed by atoms with Gasteiger partial charge in [0.15, 0.2) is 0 Å². The minimum atomic E-state index is 0.293. The summed E-state index contributed by atoms with van der Waals surface area (Å²) in [6.07, 6.45) is 6.73. The Morgan fingerprint density at radius 3 is 2.57 bits per heavy atom. The third kappa shape index (κ3) is 4.36. The molecule has 0 saturated carbocycles. The molecule has 0 unspecified atom stereocenters.